The van der Waals surface area contributed by atoms with Crippen LogP contribution in [0, 0.1) is 5.82 Å². The van der Waals surface area contributed by atoms with Crippen LogP contribution in [0.4, 0.5) is 4.39 Å². The fraction of sp³-hybridized carbons (Fsp3) is 0.231. The van der Waals surface area contributed by atoms with Crippen molar-refractivity contribution < 1.29 is 14.0 Å². The van der Waals surface area contributed by atoms with Gasteiger partial charge in [0.25, 0.3) is 5.91 Å². The van der Waals surface area contributed by atoms with Gasteiger partial charge in [-0.25, -0.2) is 4.39 Å². The quantitative estimate of drug-likeness (QED) is 0.842. The predicted molar refractivity (Wildman–Crippen MR) is 77.2 cm³/mol. The molecule has 0 unspecified atom stereocenters. The van der Waals surface area contributed by atoms with E-state index in [1.165, 1.54) is 11.0 Å². The Bertz CT molecular complexity index is 759. The number of nitrogens with zero attached hydrogens (tertiary/aromatic N) is 1. The lowest BCUT2D eigenvalue weighted by molar-refractivity contribution is -0.123. The van der Waals surface area contributed by atoms with Gasteiger partial charge in [0.15, 0.2) is 5.82 Å². The van der Waals surface area contributed by atoms with Crippen molar-refractivity contribution in [3.05, 3.63) is 33.7 Å². The number of fused-ring (bicyclic) bond motifs is 1. The Balaban J connectivity index is 2.04. The summed E-state index contributed by atoms with van der Waals surface area (Å²) in [5.41, 5.74) is 0.163. The first-order valence-electron chi connectivity index (χ1n) is 6.20. The van der Waals surface area contributed by atoms with Crippen LogP contribution < -0.4 is 5.32 Å². The van der Waals surface area contributed by atoms with E-state index in [1.54, 1.807) is 6.07 Å². The van der Waals surface area contributed by atoms with Gasteiger partial charge in [-0.05, 0) is 12.1 Å². The first kappa shape index (κ1) is 14.2. The third-order valence-electron chi connectivity index (χ3n) is 3.33. The van der Waals surface area contributed by atoms with E-state index >= 15 is 0 Å². The topological polar surface area (TPSA) is 65.2 Å². The smallest absolute Gasteiger partial charge is 0.273 e. The van der Waals surface area contributed by atoms with E-state index < -0.39 is 11.7 Å². The number of halogens is 3. The second kappa shape index (κ2) is 5.20. The summed E-state index contributed by atoms with van der Waals surface area (Å²) < 4.78 is 14.5. The van der Waals surface area contributed by atoms with Crippen molar-refractivity contribution in [2.24, 2.45) is 0 Å². The number of carbonyl (C=O) groups is 2. The molecule has 1 saturated heterocycles. The van der Waals surface area contributed by atoms with Crippen LogP contribution in [-0.4, -0.2) is 41.3 Å². The molecule has 8 heteroatoms. The minimum absolute atomic E-state index is 0.0540. The minimum Gasteiger partial charge on any atom is -0.353 e. The molecule has 0 radical (unpaired) electrons. The highest BCUT2D eigenvalue weighted by molar-refractivity contribution is 6.45. The number of carbonyl (C=O) groups excluding carboxylic acids is 2. The normalized spacial score (nSPS) is 15.4. The molecule has 0 saturated carbocycles. The Hall–Kier alpha value is -1.79. The fourth-order valence-corrected chi connectivity index (χ4v) is 2.71. The maximum atomic E-state index is 14.5. The molecule has 1 aliphatic heterocycles. The maximum absolute atomic E-state index is 14.5. The molecule has 0 atom stereocenters. The highest BCUT2D eigenvalue weighted by atomic mass is 35.5. The van der Waals surface area contributed by atoms with Crippen molar-refractivity contribution in [3.8, 4) is 0 Å². The van der Waals surface area contributed by atoms with Gasteiger partial charge in [0.05, 0.1) is 27.5 Å². The van der Waals surface area contributed by atoms with Crippen molar-refractivity contribution in [1.29, 1.82) is 0 Å². The Kier molecular flexibility index (Phi) is 3.51. The van der Waals surface area contributed by atoms with Crippen LogP contribution in [0.25, 0.3) is 10.9 Å². The second-order valence-electron chi connectivity index (χ2n) is 4.67. The summed E-state index contributed by atoms with van der Waals surface area (Å²) in [4.78, 5) is 27.6. The van der Waals surface area contributed by atoms with Gasteiger partial charge < -0.3 is 15.2 Å². The van der Waals surface area contributed by atoms with Crippen molar-refractivity contribution in [3.63, 3.8) is 0 Å². The number of amides is 2. The van der Waals surface area contributed by atoms with E-state index in [2.05, 4.69) is 10.3 Å². The molecule has 3 rings (SSSR count). The molecule has 1 aliphatic rings. The van der Waals surface area contributed by atoms with E-state index in [0.29, 0.717) is 18.6 Å². The van der Waals surface area contributed by atoms with Crippen molar-refractivity contribution in [1.82, 2.24) is 15.2 Å². The van der Waals surface area contributed by atoms with Gasteiger partial charge in [-0.15, -0.1) is 0 Å². The number of rotatable bonds is 1. The molecule has 2 heterocycles. The van der Waals surface area contributed by atoms with E-state index in [4.69, 9.17) is 23.2 Å². The summed E-state index contributed by atoms with van der Waals surface area (Å²) >= 11 is 11.8. The molecular formula is C13H10Cl2FN3O2. The summed E-state index contributed by atoms with van der Waals surface area (Å²) in [6.07, 6.45) is 0. The van der Waals surface area contributed by atoms with Crippen LogP contribution >= 0.6 is 23.2 Å². The molecule has 2 amide bonds. The molecule has 0 aliphatic carbocycles. The molecule has 1 aromatic carbocycles. The second-order valence-corrected chi connectivity index (χ2v) is 5.46. The molecule has 2 N–H and O–H groups in total. The molecule has 0 spiro atoms. The average molecular weight is 330 g/mol. The number of hydrogen-bond acceptors (Lipinski definition) is 2. The molecule has 5 nitrogen and oxygen atoms in total. The van der Waals surface area contributed by atoms with E-state index in [0.717, 1.165) is 0 Å². The minimum atomic E-state index is -0.756. The van der Waals surface area contributed by atoms with Crippen LogP contribution in [0.15, 0.2) is 12.1 Å². The SMILES string of the molecule is O=C1CN(C(=O)c2[nH]c3ccc(Cl)c(Cl)c3c2F)CCN1. The van der Waals surface area contributed by atoms with Gasteiger partial charge in [-0.3, -0.25) is 9.59 Å². The Morgan fingerprint density at radius 2 is 2.10 bits per heavy atom. The summed E-state index contributed by atoms with van der Waals surface area (Å²) in [6, 6.07) is 3.07. The monoisotopic (exact) mass is 329 g/mol. The number of nitrogens with one attached hydrogen (secondary N) is 2. The number of benzene rings is 1. The summed E-state index contributed by atoms with van der Waals surface area (Å²) in [7, 11) is 0. The van der Waals surface area contributed by atoms with Gasteiger partial charge in [0.2, 0.25) is 5.91 Å². The van der Waals surface area contributed by atoms with Crippen LogP contribution in [0.3, 0.4) is 0 Å². The fourth-order valence-electron chi connectivity index (χ4n) is 2.30. The van der Waals surface area contributed by atoms with Gasteiger partial charge in [-0.2, -0.15) is 0 Å². The average Bonchev–Trinajstić information content (AvgIpc) is 2.80. The first-order valence-corrected chi connectivity index (χ1v) is 6.95. The van der Waals surface area contributed by atoms with Gasteiger partial charge >= 0.3 is 0 Å². The largest absolute Gasteiger partial charge is 0.353 e. The van der Waals surface area contributed by atoms with Gasteiger partial charge in [0, 0.05) is 13.1 Å². The molecule has 1 aromatic heterocycles. The standard InChI is InChI=1S/C13H10Cl2FN3O2/c14-6-1-2-7-9(10(6)15)11(16)12(18-7)13(21)19-4-3-17-8(20)5-19/h1-2,18H,3-5H2,(H,17,20). The van der Waals surface area contributed by atoms with Crippen LogP contribution in [0.5, 0.6) is 0 Å². The van der Waals surface area contributed by atoms with Crippen LogP contribution in [-0.2, 0) is 4.79 Å². The zero-order chi connectivity index (χ0) is 15.1. The summed E-state index contributed by atoms with van der Waals surface area (Å²) in [6.45, 7) is 0.578. The lowest BCUT2D eigenvalue weighted by Crippen LogP contribution is -2.50. The number of H-pyrrole nitrogens is 1. The first-order chi connectivity index (χ1) is 9.99. The van der Waals surface area contributed by atoms with Gasteiger partial charge in [-0.1, -0.05) is 23.2 Å². The third kappa shape index (κ3) is 2.34. The zero-order valence-corrected chi connectivity index (χ0v) is 12.2. The summed E-state index contributed by atoms with van der Waals surface area (Å²) in [5.74, 6) is -1.61. The van der Waals surface area contributed by atoms with Crippen LogP contribution in [0.2, 0.25) is 10.0 Å². The van der Waals surface area contributed by atoms with Gasteiger partial charge in [0.1, 0.15) is 5.69 Å². The molecule has 21 heavy (non-hydrogen) atoms. The highest BCUT2D eigenvalue weighted by Gasteiger charge is 2.27. The summed E-state index contributed by atoms with van der Waals surface area (Å²) in [5, 5.41) is 2.94. The Morgan fingerprint density at radius 3 is 2.81 bits per heavy atom. The zero-order valence-electron chi connectivity index (χ0n) is 10.7. The lowest BCUT2D eigenvalue weighted by Gasteiger charge is -2.26. The molecule has 110 valence electrons. The van der Waals surface area contributed by atoms with E-state index in [9.17, 15) is 14.0 Å². The van der Waals surface area contributed by atoms with Crippen molar-refractivity contribution in [2.75, 3.05) is 19.6 Å². The molecular weight excluding hydrogens is 320 g/mol. The van der Waals surface area contributed by atoms with Crippen molar-refractivity contribution in [2.45, 2.75) is 0 Å². The number of hydrogen-bond donors (Lipinski definition) is 2. The number of piperazine rings is 1. The third-order valence-corrected chi connectivity index (χ3v) is 4.14. The predicted octanol–water partition coefficient (Wildman–Crippen LogP) is 2.19. The highest BCUT2D eigenvalue weighted by Crippen LogP contribution is 2.34. The van der Waals surface area contributed by atoms with Crippen molar-refractivity contribution >= 4 is 45.9 Å². The van der Waals surface area contributed by atoms with Crippen LogP contribution in [0.1, 0.15) is 10.5 Å². The Morgan fingerprint density at radius 1 is 1.33 bits per heavy atom. The van der Waals surface area contributed by atoms with E-state index in [1.807, 2.05) is 0 Å². The Labute approximate surface area is 129 Å². The number of aromatic nitrogens is 1. The van der Waals surface area contributed by atoms with E-state index in [-0.39, 0.29) is 33.6 Å². The molecule has 1 fully saturated rings. The molecule has 2 aromatic rings. The maximum Gasteiger partial charge on any atom is 0.273 e. The number of aromatic amines is 1. The lowest BCUT2D eigenvalue weighted by atomic mass is 10.2. The molecule has 0 bridgehead atoms.